The van der Waals surface area contributed by atoms with Crippen LogP contribution in [0, 0.1) is 0 Å². The summed E-state index contributed by atoms with van der Waals surface area (Å²) in [6.45, 7) is 2.92. The molecule has 0 aliphatic carbocycles. The lowest BCUT2D eigenvalue weighted by atomic mass is 9.91. The number of hydroxylamine groups is 1. The van der Waals surface area contributed by atoms with Crippen LogP contribution in [0.3, 0.4) is 0 Å². The molecule has 156 valence electrons. The van der Waals surface area contributed by atoms with Crippen molar-refractivity contribution in [3.63, 3.8) is 0 Å². The van der Waals surface area contributed by atoms with Crippen molar-refractivity contribution in [3.8, 4) is 0 Å². The fourth-order valence-corrected chi connectivity index (χ4v) is 4.27. The number of hydrogen-bond acceptors (Lipinski definition) is 6. The summed E-state index contributed by atoms with van der Waals surface area (Å²) in [6.07, 6.45) is 2.39. The summed E-state index contributed by atoms with van der Waals surface area (Å²) in [4.78, 5) is 26.5. The molecule has 0 spiro atoms. The zero-order valence-corrected chi connectivity index (χ0v) is 17.2. The monoisotopic (exact) mass is 419 g/mol. The lowest BCUT2D eigenvalue weighted by Crippen LogP contribution is -2.50. The van der Waals surface area contributed by atoms with Crippen molar-refractivity contribution in [2.75, 3.05) is 24.2 Å². The Morgan fingerprint density at radius 3 is 2.45 bits per heavy atom. The molecule has 1 fully saturated rings. The van der Waals surface area contributed by atoms with Crippen LogP contribution in [0.5, 0.6) is 0 Å². The maximum absolute atomic E-state index is 12.5. The smallest absolute Gasteiger partial charge is 0.264 e. The van der Waals surface area contributed by atoms with Crippen LogP contribution in [-0.4, -0.2) is 48.2 Å². The second-order valence-electron chi connectivity index (χ2n) is 7.62. The van der Waals surface area contributed by atoms with Crippen LogP contribution in [0.1, 0.15) is 24.8 Å². The van der Waals surface area contributed by atoms with Crippen LogP contribution in [0.15, 0.2) is 53.5 Å². The highest BCUT2D eigenvalue weighted by Gasteiger charge is 2.43. The third-order valence-electron chi connectivity index (χ3n) is 5.73. The minimum Gasteiger partial charge on any atom is -0.370 e. The van der Waals surface area contributed by atoms with E-state index >= 15 is 0 Å². The highest BCUT2D eigenvalue weighted by Crippen LogP contribution is 2.30. The molecule has 0 saturated carbocycles. The van der Waals surface area contributed by atoms with Gasteiger partial charge < -0.3 is 9.47 Å². The third-order valence-corrected chi connectivity index (χ3v) is 7.75. The molecule has 1 saturated heterocycles. The Balaban J connectivity index is 1.68. The van der Waals surface area contributed by atoms with Crippen molar-refractivity contribution in [2.24, 2.45) is 0 Å². The molecular weight excluding hydrogens is 394 g/mol. The fourth-order valence-electron chi connectivity index (χ4n) is 3.42. The topological polar surface area (TPSA) is 109 Å². The molecular formula is C20H25N3O5S. The predicted molar refractivity (Wildman–Crippen MR) is 110 cm³/mol. The lowest BCUT2D eigenvalue weighted by Gasteiger charge is -2.41. The van der Waals surface area contributed by atoms with Gasteiger partial charge in [-0.15, -0.1) is 0 Å². The number of anilines is 1. The van der Waals surface area contributed by atoms with Crippen LogP contribution in [0.4, 0.5) is 5.69 Å². The molecule has 2 heterocycles. The molecule has 2 aromatic rings. The summed E-state index contributed by atoms with van der Waals surface area (Å²) < 4.78 is 23.6. The van der Waals surface area contributed by atoms with Gasteiger partial charge in [-0.3, -0.25) is 14.8 Å². The van der Waals surface area contributed by atoms with Crippen molar-refractivity contribution in [1.29, 1.82) is 0 Å². The van der Waals surface area contributed by atoms with Crippen molar-refractivity contribution in [2.45, 2.75) is 30.6 Å². The van der Waals surface area contributed by atoms with E-state index < -0.39 is 20.5 Å². The minimum atomic E-state index is -3.80. The first kappa shape index (κ1) is 21.1. The van der Waals surface area contributed by atoms with Crippen molar-refractivity contribution in [3.05, 3.63) is 64.6 Å². The van der Waals surface area contributed by atoms with Gasteiger partial charge in [0, 0.05) is 49.8 Å². The number of benzene rings is 1. The normalized spacial score (nSPS) is 16.7. The molecule has 2 N–H and O–H groups in total. The Bertz CT molecular complexity index is 1050. The van der Waals surface area contributed by atoms with E-state index in [-0.39, 0.29) is 18.5 Å². The molecule has 29 heavy (non-hydrogen) atoms. The number of rotatable bonds is 7. The van der Waals surface area contributed by atoms with E-state index in [1.165, 1.54) is 28.6 Å². The molecule has 1 amide bonds. The van der Waals surface area contributed by atoms with Gasteiger partial charge in [-0.05, 0) is 25.0 Å². The third kappa shape index (κ3) is 4.20. The molecule has 1 aliphatic rings. The Kier molecular flexibility index (Phi) is 5.81. The van der Waals surface area contributed by atoms with Gasteiger partial charge in [-0.1, -0.05) is 30.3 Å². The first-order valence-corrected chi connectivity index (χ1v) is 11.2. The van der Waals surface area contributed by atoms with Crippen molar-refractivity contribution in [1.82, 2.24) is 10.0 Å². The van der Waals surface area contributed by atoms with E-state index in [9.17, 15) is 18.0 Å². The Hall–Kier alpha value is -2.65. The zero-order chi connectivity index (χ0) is 21.2. The van der Waals surface area contributed by atoms with E-state index in [0.717, 1.165) is 25.0 Å². The lowest BCUT2D eigenvalue weighted by molar-refractivity contribution is -0.131. The Labute approximate surface area is 169 Å². The fraction of sp³-hybridized carbons (Fsp3) is 0.400. The summed E-state index contributed by atoms with van der Waals surface area (Å²) in [6, 6.07) is 13.5. The van der Waals surface area contributed by atoms with Gasteiger partial charge >= 0.3 is 0 Å². The molecule has 3 rings (SSSR count). The number of nitrogens with one attached hydrogen (secondary N) is 1. The average molecular weight is 420 g/mol. The second kappa shape index (κ2) is 8.00. The quantitative estimate of drug-likeness (QED) is 0.515. The molecule has 0 bridgehead atoms. The van der Waals surface area contributed by atoms with Crippen molar-refractivity contribution >= 4 is 21.4 Å². The standard InChI is InChI=1S/C20H25N3O5S/c1-20(19(25)21-26,29(2,27)28)9-11-22-10-8-17(12-18(22)24)23-13-16(14-23)15-6-4-3-5-7-15/h3-8,10,12,16,26H,9,11,13-14H2,1-2H3,(H,21,25)/t20-/m1/s1. The van der Waals surface area contributed by atoms with Crippen LogP contribution in [-0.2, 0) is 21.2 Å². The summed E-state index contributed by atoms with van der Waals surface area (Å²) in [7, 11) is -3.80. The summed E-state index contributed by atoms with van der Waals surface area (Å²) >= 11 is 0. The Morgan fingerprint density at radius 2 is 1.90 bits per heavy atom. The van der Waals surface area contributed by atoms with Crippen LogP contribution in [0.25, 0.3) is 0 Å². The van der Waals surface area contributed by atoms with E-state index in [1.54, 1.807) is 6.20 Å². The van der Waals surface area contributed by atoms with Gasteiger partial charge in [0.1, 0.15) is 0 Å². The molecule has 0 radical (unpaired) electrons. The molecule has 1 atom stereocenters. The SMILES string of the molecule is C[C@@](CCn1ccc(N2CC(c3ccccc3)C2)cc1=O)(C(=O)NO)S(C)(=O)=O. The summed E-state index contributed by atoms with van der Waals surface area (Å²) in [5.41, 5.74) is 3.23. The number of amides is 1. The Morgan fingerprint density at radius 1 is 1.24 bits per heavy atom. The van der Waals surface area contributed by atoms with Crippen LogP contribution < -0.4 is 15.9 Å². The first-order valence-electron chi connectivity index (χ1n) is 9.30. The van der Waals surface area contributed by atoms with Crippen molar-refractivity contribution < 1.29 is 18.4 Å². The molecule has 1 aromatic heterocycles. The van der Waals surface area contributed by atoms with E-state index in [4.69, 9.17) is 5.21 Å². The van der Waals surface area contributed by atoms with E-state index in [0.29, 0.717) is 5.92 Å². The van der Waals surface area contributed by atoms with Gasteiger partial charge in [0.15, 0.2) is 14.6 Å². The number of sulfone groups is 1. The largest absolute Gasteiger partial charge is 0.370 e. The first-order chi connectivity index (χ1) is 13.7. The zero-order valence-electron chi connectivity index (χ0n) is 16.4. The van der Waals surface area contributed by atoms with E-state index in [1.807, 2.05) is 24.3 Å². The maximum atomic E-state index is 12.5. The second-order valence-corrected chi connectivity index (χ2v) is 10.1. The van der Waals surface area contributed by atoms with Gasteiger partial charge in [0.05, 0.1) is 0 Å². The van der Waals surface area contributed by atoms with Gasteiger partial charge in [-0.25, -0.2) is 13.9 Å². The van der Waals surface area contributed by atoms with Crippen LogP contribution in [0.2, 0.25) is 0 Å². The highest BCUT2D eigenvalue weighted by atomic mass is 32.2. The number of nitrogens with zero attached hydrogens (tertiary/aromatic N) is 2. The molecule has 8 nitrogen and oxygen atoms in total. The predicted octanol–water partition coefficient (Wildman–Crippen LogP) is 1.15. The number of carbonyl (C=O) groups is 1. The molecule has 0 unspecified atom stereocenters. The molecule has 9 heteroatoms. The highest BCUT2D eigenvalue weighted by molar-refractivity contribution is 7.92. The number of aryl methyl sites for hydroxylation is 1. The molecule has 1 aliphatic heterocycles. The van der Waals surface area contributed by atoms with Gasteiger partial charge in [0.25, 0.3) is 11.5 Å². The number of hydrogen-bond donors (Lipinski definition) is 2. The average Bonchev–Trinajstić information content (AvgIpc) is 2.65. The number of pyridine rings is 1. The number of aromatic nitrogens is 1. The number of carbonyl (C=O) groups excluding carboxylic acids is 1. The minimum absolute atomic E-state index is 0.0305. The van der Waals surface area contributed by atoms with E-state index in [2.05, 4.69) is 17.0 Å². The maximum Gasteiger partial charge on any atom is 0.264 e. The van der Waals surface area contributed by atoms with Gasteiger partial charge in [-0.2, -0.15) is 0 Å². The van der Waals surface area contributed by atoms with Gasteiger partial charge in [0.2, 0.25) is 0 Å². The van der Waals surface area contributed by atoms with Crippen LogP contribution >= 0.6 is 0 Å². The summed E-state index contributed by atoms with van der Waals surface area (Å²) in [5, 5.41) is 8.88. The summed E-state index contributed by atoms with van der Waals surface area (Å²) in [5.74, 6) is -0.580. The molecule has 1 aromatic carbocycles.